The van der Waals surface area contributed by atoms with Gasteiger partial charge in [-0.2, -0.15) is 0 Å². The van der Waals surface area contributed by atoms with Crippen LogP contribution >= 0.6 is 11.3 Å². The lowest BCUT2D eigenvalue weighted by Gasteiger charge is -2.10. The van der Waals surface area contributed by atoms with E-state index in [2.05, 4.69) is 19.9 Å². The highest BCUT2D eigenvalue weighted by atomic mass is 32.1. The number of nitrogens with two attached hydrogens (primary N) is 1. The second kappa shape index (κ2) is 6.12. The smallest absolute Gasteiger partial charge is 0.358 e. The molecule has 1 aliphatic carbocycles. The van der Waals surface area contributed by atoms with Crippen molar-refractivity contribution >= 4 is 33.3 Å². The van der Waals surface area contributed by atoms with Crippen molar-refractivity contribution in [2.45, 2.75) is 32.3 Å². The molecule has 7 nitrogen and oxygen atoms in total. The maximum absolute atomic E-state index is 11.9. The molecule has 8 heteroatoms. The zero-order valence-electron chi connectivity index (χ0n) is 12.9. The summed E-state index contributed by atoms with van der Waals surface area (Å²) in [6, 6.07) is 0. The van der Waals surface area contributed by atoms with Crippen LogP contribution < -0.4 is 5.73 Å². The quantitative estimate of drug-likeness (QED) is 0.729. The van der Waals surface area contributed by atoms with Gasteiger partial charge in [-0.3, -0.25) is 4.98 Å². The van der Waals surface area contributed by atoms with Gasteiger partial charge in [0.2, 0.25) is 0 Å². The van der Waals surface area contributed by atoms with E-state index < -0.39 is 5.97 Å². The van der Waals surface area contributed by atoms with Gasteiger partial charge in [-0.25, -0.2) is 19.7 Å². The molecule has 0 spiro atoms. The molecule has 1 aliphatic rings. The fourth-order valence-corrected chi connectivity index (χ4v) is 4.19. The second-order valence-corrected chi connectivity index (χ2v) is 6.67. The minimum atomic E-state index is -0.559. The number of anilines is 1. The third kappa shape index (κ3) is 2.69. The van der Waals surface area contributed by atoms with Crippen LogP contribution in [0.1, 0.15) is 39.6 Å². The highest BCUT2D eigenvalue weighted by Crippen LogP contribution is 2.37. The third-order valence-electron chi connectivity index (χ3n) is 3.99. The van der Waals surface area contributed by atoms with Crippen LogP contribution in [0, 0.1) is 0 Å². The maximum atomic E-state index is 11.9. The van der Waals surface area contributed by atoms with Crippen molar-refractivity contribution in [2.24, 2.45) is 0 Å². The summed E-state index contributed by atoms with van der Waals surface area (Å²) in [4.78, 5) is 30.7. The predicted octanol–water partition coefficient (Wildman–Crippen LogP) is 2.30. The summed E-state index contributed by atoms with van der Waals surface area (Å²) in [6.45, 7) is -0.0435. The lowest BCUT2D eigenvalue weighted by Crippen LogP contribution is -2.10. The minimum Gasteiger partial charge on any atom is -0.453 e. The first kappa shape index (κ1) is 14.9. The van der Waals surface area contributed by atoms with E-state index in [1.807, 2.05) is 0 Å². The molecular formula is C16H15N5O2S. The summed E-state index contributed by atoms with van der Waals surface area (Å²) in [5.41, 5.74) is 7.58. The van der Waals surface area contributed by atoms with Crippen LogP contribution in [-0.2, 0) is 24.2 Å². The van der Waals surface area contributed by atoms with Gasteiger partial charge in [0.15, 0.2) is 18.1 Å². The number of nitrogens with zero attached hydrogens (tertiary/aromatic N) is 4. The molecule has 0 saturated heterocycles. The molecule has 0 aromatic carbocycles. The largest absolute Gasteiger partial charge is 0.453 e. The van der Waals surface area contributed by atoms with Crippen molar-refractivity contribution in [1.29, 1.82) is 0 Å². The molecule has 24 heavy (non-hydrogen) atoms. The molecule has 0 saturated carbocycles. The highest BCUT2D eigenvalue weighted by molar-refractivity contribution is 7.19. The van der Waals surface area contributed by atoms with E-state index in [1.165, 1.54) is 41.9 Å². The third-order valence-corrected chi connectivity index (χ3v) is 5.18. The molecule has 0 fully saturated rings. The van der Waals surface area contributed by atoms with Crippen molar-refractivity contribution in [2.75, 3.05) is 5.73 Å². The van der Waals surface area contributed by atoms with E-state index in [4.69, 9.17) is 10.5 Å². The summed E-state index contributed by atoms with van der Waals surface area (Å²) in [5.74, 6) is 0.302. The van der Waals surface area contributed by atoms with Crippen molar-refractivity contribution in [3.63, 3.8) is 0 Å². The highest BCUT2D eigenvalue weighted by Gasteiger charge is 2.20. The van der Waals surface area contributed by atoms with Gasteiger partial charge in [-0.1, -0.05) is 0 Å². The van der Waals surface area contributed by atoms with E-state index in [0.29, 0.717) is 11.6 Å². The van der Waals surface area contributed by atoms with E-state index in [-0.39, 0.29) is 12.3 Å². The molecule has 0 radical (unpaired) electrons. The van der Waals surface area contributed by atoms with Crippen molar-refractivity contribution in [3.05, 3.63) is 40.5 Å². The molecule has 3 aromatic heterocycles. The molecule has 0 unspecified atom stereocenters. The number of hydrogen-bond acceptors (Lipinski definition) is 8. The van der Waals surface area contributed by atoms with Gasteiger partial charge in [0.25, 0.3) is 0 Å². The lowest BCUT2D eigenvalue weighted by molar-refractivity contribution is 0.0455. The fraction of sp³-hybridized carbons (Fsp3) is 0.312. The molecule has 3 heterocycles. The molecule has 122 valence electrons. The topological polar surface area (TPSA) is 104 Å². The van der Waals surface area contributed by atoms with Crippen LogP contribution in [0.4, 0.5) is 5.82 Å². The predicted molar refractivity (Wildman–Crippen MR) is 89.6 cm³/mol. The molecule has 0 atom stereocenters. The number of thiophene rings is 1. The number of ether oxygens (including phenoxy) is 1. The number of aryl methyl sites for hydroxylation is 2. The second-order valence-electron chi connectivity index (χ2n) is 5.58. The number of hydrogen-bond donors (Lipinski definition) is 1. The Balaban J connectivity index is 1.58. The monoisotopic (exact) mass is 341 g/mol. The van der Waals surface area contributed by atoms with Crippen LogP contribution in [0.5, 0.6) is 0 Å². The molecule has 0 aliphatic heterocycles. The molecule has 2 N–H and O–H groups in total. The maximum Gasteiger partial charge on any atom is 0.358 e. The summed E-state index contributed by atoms with van der Waals surface area (Å²) in [6.07, 6.45) is 8.77. The molecule has 0 amide bonds. The first-order valence-corrected chi connectivity index (χ1v) is 8.54. The molecular weight excluding hydrogens is 326 g/mol. The first-order chi connectivity index (χ1) is 11.7. The van der Waals surface area contributed by atoms with Gasteiger partial charge in [0.05, 0.1) is 11.6 Å². The van der Waals surface area contributed by atoms with Gasteiger partial charge in [0.1, 0.15) is 10.6 Å². The fourth-order valence-electron chi connectivity index (χ4n) is 2.90. The van der Waals surface area contributed by atoms with Crippen LogP contribution in [-0.4, -0.2) is 25.9 Å². The van der Waals surface area contributed by atoms with Crippen LogP contribution in [0.3, 0.4) is 0 Å². The van der Waals surface area contributed by atoms with E-state index in [0.717, 1.165) is 23.1 Å². The van der Waals surface area contributed by atoms with Gasteiger partial charge >= 0.3 is 5.97 Å². The first-order valence-electron chi connectivity index (χ1n) is 7.72. The summed E-state index contributed by atoms with van der Waals surface area (Å²) in [7, 11) is 0. The normalized spacial score (nSPS) is 13.7. The zero-order chi connectivity index (χ0) is 16.5. The van der Waals surface area contributed by atoms with E-state index in [9.17, 15) is 4.79 Å². The zero-order valence-corrected chi connectivity index (χ0v) is 13.7. The van der Waals surface area contributed by atoms with E-state index in [1.54, 1.807) is 11.3 Å². The van der Waals surface area contributed by atoms with Gasteiger partial charge in [0, 0.05) is 17.3 Å². The Morgan fingerprint density at radius 2 is 2.12 bits per heavy atom. The average molecular weight is 341 g/mol. The SMILES string of the molecule is Nc1nc(COC(=O)c2cnccn2)nc2sc3c(c12)CCCC3. The van der Waals surface area contributed by atoms with Crippen LogP contribution in [0.2, 0.25) is 0 Å². The molecule has 4 rings (SSSR count). The Labute approximate surface area is 141 Å². The summed E-state index contributed by atoms with van der Waals surface area (Å²) < 4.78 is 5.20. The lowest BCUT2D eigenvalue weighted by atomic mass is 9.97. The van der Waals surface area contributed by atoms with Crippen molar-refractivity contribution < 1.29 is 9.53 Å². The van der Waals surface area contributed by atoms with Crippen molar-refractivity contribution in [3.8, 4) is 0 Å². The molecule has 3 aromatic rings. The summed E-state index contributed by atoms with van der Waals surface area (Å²) in [5, 5.41) is 0.971. The van der Waals surface area contributed by atoms with Crippen molar-refractivity contribution in [1.82, 2.24) is 19.9 Å². The number of fused-ring (bicyclic) bond motifs is 3. The Bertz CT molecular complexity index is 910. The van der Waals surface area contributed by atoms with Gasteiger partial charge in [-0.05, 0) is 31.2 Å². The number of nitrogen functional groups attached to an aromatic ring is 1. The Morgan fingerprint density at radius 3 is 2.96 bits per heavy atom. The van der Waals surface area contributed by atoms with Gasteiger partial charge in [-0.15, -0.1) is 11.3 Å². The molecule has 0 bridgehead atoms. The summed E-state index contributed by atoms with van der Waals surface area (Å²) >= 11 is 1.66. The Morgan fingerprint density at radius 1 is 1.25 bits per heavy atom. The Hall–Kier alpha value is -2.61. The number of carbonyl (C=O) groups excluding carboxylic acids is 1. The Kier molecular flexibility index (Phi) is 3.81. The number of esters is 1. The van der Waals surface area contributed by atoms with Gasteiger partial charge < -0.3 is 10.5 Å². The number of aromatic nitrogens is 4. The van der Waals surface area contributed by atoms with E-state index >= 15 is 0 Å². The average Bonchev–Trinajstić information content (AvgIpc) is 2.99. The standard InChI is InChI=1S/C16H15N5O2S/c17-14-13-9-3-1-2-4-11(9)24-15(13)21-12(20-14)8-23-16(22)10-7-18-5-6-19-10/h5-7H,1-4,8H2,(H2,17,20,21). The number of rotatable bonds is 3. The number of carbonyl (C=O) groups is 1. The van der Waals surface area contributed by atoms with Crippen LogP contribution in [0.15, 0.2) is 18.6 Å². The van der Waals surface area contributed by atoms with Crippen LogP contribution in [0.25, 0.3) is 10.2 Å². The minimum absolute atomic E-state index is 0.0435.